The first-order valence-corrected chi connectivity index (χ1v) is 12.5. The number of hydrogen-bond acceptors (Lipinski definition) is 3. The van der Waals surface area contributed by atoms with E-state index in [9.17, 15) is 9.59 Å². The first-order chi connectivity index (χ1) is 16.6. The monoisotopic (exact) mass is 536 g/mol. The molecule has 0 aromatic heterocycles. The van der Waals surface area contributed by atoms with Crippen LogP contribution < -0.4 is 10.1 Å². The molecule has 0 radical (unpaired) electrons. The lowest BCUT2D eigenvalue weighted by Gasteiger charge is -2.33. The van der Waals surface area contributed by atoms with Crippen molar-refractivity contribution in [2.45, 2.75) is 52.2 Å². The number of aryl methyl sites for hydroxylation is 1. The van der Waals surface area contributed by atoms with Crippen LogP contribution in [0.2, 0.25) is 0 Å². The van der Waals surface area contributed by atoms with Gasteiger partial charge in [-0.1, -0.05) is 76.6 Å². The maximum Gasteiger partial charge on any atom is 0.261 e. The lowest BCUT2D eigenvalue weighted by Crippen LogP contribution is -2.55. The van der Waals surface area contributed by atoms with E-state index in [0.717, 1.165) is 21.2 Å². The van der Waals surface area contributed by atoms with Crippen LogP contribution in [0, 0.1) is 6.92 Å². The predicted octanol–water partition coefficient (Wildman–Crippen LogP) is 5.69. The fourth-order valence-corrected chi connectivity index (χ4v) is 4.00. The van der Waals surface area contributed by atoms with Crippen molar-refractivity contribution >= 4 is 27.7 Å². The zero-order valence-corrected chi connectivity index (χ0v) is 22.3. The lowest BCUT2D eigenvalue weighted by atomic mass is 10.0. The highest BCUT2D eigenvalue weighted by atomic mass is 79.9. The van der Waals surface area contributed by atoms with Gasteiger partial charge in [0, 0.05) is 23.0 Å². The highest BCUT2D eigenvalue weighted by Gasteiger charge is 2.32. The molecule has 5 nitrogen and oxygen atoms in total. The van der Waals surface area contributed by atoms with Crippen molar-refractivity contribution < 1.29 is 14.3 Å². The number of para-hydroxylation sites is 1. The van der Waals surface area contributed by atoms with Gasteiger partial charge in [0.05, 0.1) is 0 Å². The van der Waals surface area contributed by atoms with Crippen molar-refractivity contribution in [2.75, 3.05) is 6.61 Å². The Hall–Kier alpha value is -3.12. The van der Waals surface area contributed by atoms with Crippen LogP contribution in [0.1, 0.15) is 37.5 Å². The van der Waals surface area contributed by atoms with Crippen LogP contribution in [-0.2, 0) is 22.6 Å². The van der Waals surface area contributed by atoms with Crippen LogP contribution >= 0.6 is 15.9 Å². The fraction of sp³-hybridized carbons (Fsp3) is 0.310. The number of halogens is 1. The average molecular weight is 537 g/mol. The second-order valence-corrected chi connectivity index (χ2v) is 10.6. The standard InChI is InChI=1S/C29H33BrN2O3/c1-21-10-8-9-13-26(21)35-20-27(33)32(19-23-14-16-24(30)17-15-23)25(28(34)31-29(2,3)4)18-22-11-6-5-7-12-22/h5-17,25H,18-20H2,1-4H3,(H,31,34)/t25-/m1/s1. The van der Waals surface area contributed by atoms with Crippen LogP contribution in [0.15, 0.2) is 83.3 Å². The Labute approximate surface area is 216 Å². The van der Waals surface area contributed by atoms with E-state index in [-0.39, 0.29) is 25.0 Å². The molecule has 0 saturated carbocycles. The Kier molecular flexibility index (Phi) is 9.10. The van der Waals surface area contributed by atoms with Gasteiger partial charge in [-0.2, -0.15) is 0 Å². The summed E-state index contributed by atoms with van der Waals surface area (Å²) in [5.74, 6) is 0.215. The third-order valence-corrected chi connectivity index (χ3v) is 6.01. The molecular formula is C29H33BrN2O3. The molecule has 1 N–H and O–H groups in total. The third-order valence-electron chi connectivity index (χ3n) is 5.48. The summed E-state index contributed by atoms with van der Waals surface area (Å²) in [4.78, 5) is 28.8. The Morgan fingerprint density at radius 1 is 0.914 bits per heavy atom. The molecule has 1 atom stereocenters. The van der Waals surface area contributed by atoms with Crippen molar-refractivity contribution in [3.05, 3.63) is 100 Å². The number of hydrogen-bond donors (Lipinski definition) is 1. The fourth-order valence-electron chi connectivity index (χ4n) is 3.73. The summed E-state index contributed by atoms with van der Waals surface area (Å²) in [5, 5.41) is 3.07. The van der Waals surface area contributed by atoms with E-state index in [0.29, 0.717) is 12.2 Å². The molecule has 3 aromatic rings. The van der Waals surface area contributed by atoms with E-state index in [2.05, 4.69) is 21.2 Å². The van der Waals surface area contributed by atoms with E-state index in [1.54, 1.807) is 4.90 Å². The van der Waals surface area contributed by atoms with Crippen LogP contribution in [0.3, 0.4) is 0 Å². The van der Waals surface area contributed by atoms with Gasteiger partial charge in [-0.15, -0.1) is 0 Å². The van der Waals surface area contributed by atoms with Crippen molar-refractivity contribution in [2.24, 2.45) is 0 Å². The number of carbonyl (C=O) groups excluding carboxylic acids is 2. The molecule has 0 aliphatic carbocycles. The number of nitrogens with zero attached hydrogens (tertiary/aromatic N) is 1. The molecule has 0 heterocycles. The number of amides is 2. The Bertz CT molecular complexity index is 1120. The second kappa shape index (κ2) is 12.0. The Morgan fingerprint density at radius 2 is 1.54 bits per heavy atom. The molecule has 0 aliphatic heterocycles. The molecule has 35 heavy (non-hydrogen) atoms. The van der Waals surface area contributed by atoms with Crippen molar-refractivity contribution in [1.82, 2.24) is 10.2 Å². The van der Waals surface area contributed by atoms with Gasteiger partial charge in [0.25, 0.3) is 5.91 Å². The van der Waals surface area contributed by atoms with Gasteiger partial charge in [0.1, 0.15) is 11.8 Å². The minimum absolute atomic E-state index is 0.157. The summed E-state index contributed by atoms with van der Waals surface area (Å²) in [5.41, 5.74) is 2.43. The number of nitrogens with one attached hydrogen (secondary N) is 1. The maximum atomic E-state index is 13.6. The van der Waals surface area contributed by atoms with Crippen LogP contribution in [0.5, 0.6) is 5.75 Å². The largest absolute Gasteiger partial charge is 0.484 e. The molecule has 6 heteroatoms. The molecule has 0 aliphatic rings. The molecule has 0 saturated heterocycles. The first-order valence-electron chi connectivity index (χ1n) is 11.7. The van der Waals surface area contributed by atoms with Crippen LogP contribution in [0.25, 0.3) is 0 Å². The zero-order chi connectivity index (χ0) is 25.4. The van der Waals surface area contributed by atoms with Crippen LogP contribution in [-0.4, -0.2) is 34.9 Å². The Balaban J connectivity index is 1.93. The minimum atomic E-state index is -0.701. The highest BCUT2D eigenvalue weighted by molar-refractivity contribution is 9.10. The molecule has 3 rings (SSSR count). The summed E-state index contributed by atoms with van der Waals surface area (Å²) >= 11 is 3.46. The molecule has 184 valence electrons. The zero-order valence-electron chi connectivity index (χ0n) is 20.8. The molecular weight excluding hydrogens is 504 g/mol. The number of carbonyl (C=O) groups is 2. The average Bonchev–Trinajstić information content (AvgIpc) is 2.81. The van der Waals surface area contributed by atoms with E-state index in [4.69, 9.17) is 4.74 Å². The van der Waals surface area contributed by atoms with E-state index < -0.39 is 11.6 Å². The van der Waals surface area contributed by atoms with Crippen molar-refractivity contribution in [3.63, 3.8) is 0 Å². The molecule has 2 amide bonds. The van der Waals surface area contributed by atoms with Gasteiger partial charge in [0.2, 0.25) is 5.91 Å². The van der Waals surface area contributed by atoms with Gasteiger partial charge in [-0.25, -0.2) is 0 Å². The number of ether oxygens (including phenoxy) is 1. The number of rotatable bonds is 9. The summed E-state index contributed by atoms with van der Waals surface area (Å²) in [6, 6.07) is 24.4. The van der Waals surface area contributed by atoms with E-state index in [1.807, 2.05) is 107 Å². The first kappa shape index (κ1) is 26.5. The topological polar surface area (TPSA) is 58.6 Å². The van der Waals surface area contributed by atoms with Gasteiger partial charge < -0.3 is 15.0 Å². The number of benzene rings is 3. The van der Waals surface area contributed by atoms with E-state index >= 15 is 0 Å². The molecule has 0 spiro atoms. The summed E-state index contributed by atoms with van der Waals surface area (Å²) in [6.45, 7) is 7.88. The van der Waals surface area contributed by atoms with Gasteiger partial charge in [-0.3, -0.25) is 9.59 Å². The maximum absolute atomic E-state index is 13.6. The van der Waals surface area contributed by atoms with E-state index in [1.165, 1.54) is 0 Å². The quantitative estimate of drug-likeness (QED) is 0.382. The highest BCUT2D eigenvalue weighted by Crippen LogP contribution is 2.20. The minimum Gasteiger partial charge on any atom is -0.484 e. The summed E-state index contributed by atoms with van der Waals surface area (Å²) in [6.07, 6.45) is 0.398. The van der Waals surface area contributed by atoms with Gasteiger partial charge in [0.15, 0.2) is 6.61 Å². The predicted molar refractivity (Wildman–Crippen MR) is 143 cm³/mol. The summed E-state index contributed by atoms with van der Waals surface area (Å²) in [7, 11) is 0. The van der Waals surface area contributed by atoms with Gasteiger partial charge >= 0.3 is 0 Å². The molecule has 0 bridgehead atoms. The van der Waals surface area contributed by atoms with Crippen molar-refractivity contribution in [3.8, 4) is 5.75 Å². The van der Waals surface area contributed by atoms with Crippen molar-refractivity contribution in [1.29, 1.82) is 0 Å². The SMILES string of the molecule is Cc1ccccc1OCC(=O)N(Cc1ccc(Br)cc1)[C@H](Cc1ccccc1)C(=O)NC(C)(C)C. The lowest BCUT2D eigenvalue weighted by molar-refractivity contribution is -0.143. The third kappa shape index (κ3) is 8.25. The summed E-state index contributed by atoms with van der Waals surface area (Å²) < 4.78 is 6.84. The van der Waals surface area contributed by atoms with Crippen LogP contribution in [0.4, 0.5) is 0 Å². The smallest absolute Gasteiger partial charge is 0.261 e. The second-order valence-electron chi connectivity index (χ2n) is 9.65. The molecule has 0 fully saturated rings. The molecule has 0 unspecified atom stereocenters. The van der Waals surface area contributed by atoms with Gasteiger partial charge in [-0.05, 0) is 62.6 Å². The normalized spacial score (nSPS) is 12.0. The molecule has 3 aromatic carbocycles. The Morgan fingerprint density at radius 3 is 2.17 bits per heavy atom.